The minimum Gasteiger partial charge on any atom is -0.313 e. The summed E-state index contributed by atoms with van der Waals surface area (Å²) in [5.41, 5.74) is 2.63. The zero-order chi connectivity index (χ0) is 12.0. The summed E-state index contributed by atoms with van der Waals surface area (Å²) in [6, 6.07) is 6.51. The summed E-state index contributed by atoms with van der Waals surface area (Å²) in [7, 11) is 0. The molecule has 1 unspecified atom stereocenters. The van der Waals surface area contributed by atoms with Gasteiger partial charge in [-0.1, -0.05) is 35.0 Å². The molecular weight excluding hydrogens is 282 g/mol. The fraction of sp³-hybridized carbons (Fsp3) is 0.538. The highest BCUT2D eigenvalue weighted by atomic mass is 79.9. The normalized spacial score (nSPS) is 12.8. The maximum absolute atomic E-state index is 3.60. The standard InChI is InChI=1S/C13H20BrNS/c1-10-4-5-12(13(14)8-10)9-15-7-6-11(2)16-3/h4-5,8,11,15H,6-7,9H2,1-3H3. The van der Waals surface area contributed by atoms with Gasteiger partial charge in [-0.3, -0.25) is 0 Å². The molecule has 0 saturated carbocycles. The van der Waals surface area contributed by atoms with E-state index in [4.69, 9.17) is 0 Å². The first-order valence-corrected chi connectivity index (χ1v) is 7.70. The third-order valence-electron chi connectivity index (χ3n) is 2.65. The molecule has 0 bridgehead atoms. The summed E-state index contributed by atoms with van der Waals surface area (Å²) in [6.45, 7) is 6.42. The van der Waals surface area contributed by atoms with Crippen molar-refractivity contribution in [2.45, 2.75) is 32.1 Å². The summed E-state index contributed by atoms with van der Waals surface area (Å²) in [5, 5.41) is 4.23. The van der Waals surface area contributed by atoms with Gasteiger partial charge >= 0.3 is 0 Å². The monoisotopic (exact) mass is 301 g/mol. The molecule has 16 heavy (non-hydrogen) atoms. The van der Waals surface area contributed by atoms with E-state index in [0.717, 1.165) is 18.3 Å². The molecule has 0 aromatic heterocycles. The van der Waals surface area contributed by atoms with Crippen LogP contribution in [-0.2, 0) is 6.54 Å². The molecule has 0 saturated heterocycles. The predicted octanol–water partition coefficient (Wildman–Crippen LogP) is 3.99. The fourth-order valence-corrected chi connectivity index (χ4v) is 2.43. The van der Waals surface area contributed by atoms with Crippen LogP contribution in [0.2, 0.25) is 0 Å². The molecule has 0 amide bonds. The van der Waals surface area contributed by atoms with Crippen LogP contribution in [0.1, 0.15) is 24.5 Å². The molecule has 0 aliphatic carbocycles. The van der Waals surface area contributed by atoms with E-state index in [9.17, 15) is 0 Å². The molecular formula is C13H20BrNS. The van der Waals surface area contributed by atoms with Crippen molar-refractivity contribution in [3.8, 4) is 0 Å². The second-order valence-corrected chi connectivity index (χ2v) is 6.24. The topological polar surface area (TPSA) is 12.0 Å². The van der Waals surface area contributed by atoms with Crippen molar-refractivity contribution in [3.63, 3.8) is 0 Å². The van der Waals surface area contributed by atoms with Gasteiger partial charge in [-0.05, 0) is 43.3 Å². The summed E-state index contributed by atoms with van der Waals surface area (Å²) in [6.07, 6.45) is 3.39. The van der Waals surface area contributed by atoms with Crippen molar-refractivity contribution in [3.05, 3.63) is 33.8 Å². The number of nitrogens with one attached hydrogen (secondary N) is 1. The van der Waals surface area contributed by atoms with E-state index >= 15 is 0 Å². The van der Waals surface area contributed by atoms with Crippen LogP contribution in [0.25, 0.3) is 0 Å². The van der Waals surface area contributed by atoms with Crippen LogP contribution in [-0.4, -0.2) is 18.1 Å². The van der Waals surface area contributed by atoms with Gasteiger partial charge in [0.2, 0.25) is 0 Å². The summed E-state index contributed by atoms with van der Waals surface area (Å²) >= 11 is 5.52. The van der Waals surface area contributed by atoms with Crippen LogP contribution in [0.5, 0.6) is 0 Å². The van der Waals surface area contributed by atoms with E-state index in [2.05, 4.69) is 59.5 Å². The van der Waals surface area contributed by atoms with Gasteiger partial charge in [-0.2, -0.15) is 11.8 Å². The average Bonchev–Trinajstić information content (AvgIpc) is 2.26. The zero-order valence-electron chi connectivity index (χ0n) is 10.2. The first kappa shape index (κ1) is 14.1. The van der Waals surface area contributed by atoms with Crippen LogP contribution in [0.4, 0.5) is 0 Å². The van der Waals surface area contributed by atoms with Crippen LogP contribution < -0.4 is 5.32 Å². The van der Waals surface area contributed by atoms with Gasteiger partial charge in [0, 0.05) is 16.3 Å². The lowest BCUT2D eigenvalue weighted by Gasteiger charge is -2.10. The number of aryl methyl sites for hydroxylation is 1. The van der Waals surface area contributed by atoms with Gasteiger partial charge in [-0.25, -0.2) is 0 Å². The molecule has 1 aromatic carbocycles. The Hall–Kier alpha value is 0.01000. The quantitative estimate of drug-likeness (QED) is 0.798. The van der Waals surface area contributed by atoms with Gasteiger partial charge in [0.25, 0.3) is 0 Å². The highest BCUT2D eigenvalue weighted by Gasteiger charge is 2.01. The van der Waals surface area contributed by atoms with Gasteiger partial charge in [-0.15, -0.1) is 0 Å². The molecule has 0 heterocycles. The van der Waals surface area contributed by atoms with E-state index in [0.29, 0.717) is 0 Å². The Morgan fingerprint density at radius 3 is 2.81 bits per heavy atom. The molecule has 0 aliphatic rings. The van der Waals surface area contributed by atoms with Gasteiger partial charge in [0.05, 0.1) is 0 Å². The Morgan fingerprint density at radius 2 is 2.19 bits per heavy atom. The van der Waals surface area contributed by atoms with Gasteiger partial charge in [0.1, 0.15) is 0 Å². The SMILES string of the molecule is CSC(C)CCNCc1ccc(C)cc1Br. The van der Waals surface area contributed by atoms with E-state index in [1.165, 1.54) is 22.0 Å². The number of halogens is 1. The Labute approximate surface area is 112 Å². The van der Waals surface area contributed by atoms with Gasteiger partial charge < -0.3 is 5.32 Å². The number of rotatable bonds is 6. The van der Waals surface area contributed by atoms with E-state index < -0.39 is 0 Å². The largest absolute Gasteiger partial charge is 0.313 e. The third-order valence-corrected chi connectivity index (χ3v) is 4.43. The van der Waals surface area contributed by atoms with Crippen LogP contribution in [0.3, 0.4) is 0 Å². The highest BCUT2D eigenvalue weighted by Crippen LogP contribution is 2.18. The molecule has 1 nitrogen and oxygen atoms in total. The van der Waals surface area contributed by atoms with Crippen molar-refractivity contribution in [2.24, 2.45) is 0 Å². The van der Waals surface area contributed by atoms with E-state index in [-0.39, 0.29) is 0 Å². The fourth-order valence-electron chi connectivity index (χ4n) is 1.44. The second-order valence-electron chi connectivity index (χ2n) is 4.11. The smallest absolute Gasteiger partial charge is 0.0222 e. The molecule has 1 atom stereocenters. The van der Waals surface area contributed by atoms with Crippen molar-refractivity contribution in [1.29, 1.82) is 0 Å². The lowest BCUT2D eigenvalue weighted by atomic mass is 10.1. The predicted molar refractivity (Wildman–Crippen MR) is 78.2 cm³/mol. The molecule has 90 valence electrons. The molecule has 0 aliphatic heterocycles. The van der Waals surface area contributed by atoms with E-state index in [1.807, 2.05) is 11.8 Å². The summed E-state index contributed by atoms with van der Waals surface area (Å²) in [5.74, 6) is 0. The van der Waals surface area contributed by atoms with Crippen molar-refractivity contribution in [2.75, 3.05) is 12.8 Å². The first-order chi connectivity index (χ1) is 7.63. The zero-order valence-corrected chi connectivity index (χ0v) is 12.6. The van der Waals surface area contributed by atoms with Crippen molar-refractivity contribution >= 4 is 27.7 Å². The highest BCUT2D eigenvalue weighted by molar-refractivity contribution is 9.10. The Kier molecular flexibility index (Phi) is 6.47. The molecule has 1 rings (SSSR count). The van der Waals surface area contributed by atoms with Gasteiger partial charge in [0.15, 0.2) is 0 Å². The summed E-state index contributed by atoms with van der Waals surface area (Å²) in [4.78, 5) is 0. The Bertz CT molecular complexity index is 328. The lowest BCUT2D eigenvalue weighted by Crippen LogP contribution is -2.17. The number of hydrogen-bond acceptors (Lipinski definition) is 2. The minimum absolute atomic E-state index is 0.744. The van der Waals surface area contributed by atoms with Crippen molar-refractivity contribution < 1.29 is 0 Å². The molecule has 3 heteroatoms. The molecule has 1 N–H and O–H groups in total. The first-order valence-electron chi connectivity index (χ1n) is 5.62. The van der Waals surface area contributed by atoms with Crippen molar-refractivity contribution in [1.82, 2.24) is 5.32 Å². The minimum atomic E-state index is 0.744. The van der Waals surface area contributed by atoms with Crippen LogP contribution >= 0.6 is 27.7 Å². The van der Waals surface area contributed by atoms with E-state index in [1.54, 1.807) is 0 Å². The third kappa shape index (κ3) is 4.89. The van der Waals surface area contributed by atoms with Crippen LogP contribution in [0, 0.1) is 6.92 Å². The Morgan fingerprint density at radius 1 is 1.44 bits per heavy atom. The number of hydrogen-bond donors (Lipinski definition) is 1. The lowest BCUT2D eigenvalue weighted by molar-refractivity contribution is 0.647. The second kappa shape index (κ2) is 7.36. The average molecular weight is 302 g/mol. The molecule has 1 aromatic rings. The number of thioether (sulfide) groups is 1. The number of benzene rings is 1. The Balaban J connectivity index is 2.32. The van der Waals surface area contributed by atoms with Crippen LogP contribution in [0.15, 0.2) is 22.7 Å². The molecule has 0 fully saturated rings. The maximum Gasteiger partial charge on any atom is 0.0222 e. The molecule has 0 radical (unpaired) electrons. The molecule has 0 spiro atoms. The maximum atomic E-state index is 3.60. The summed E-state index contributed by atoms with van der Waals surface area (Å²) < 4.78 is 1.21.